The van der Waals surface area contributed by atoms with Crippen molar-refractivity contribution in [1.82, 2.24) is 0 Å². The minimum absolute atomic E-state index is 0.191. The Morgan fingerprint density at radius 1 is 0.457 bits per heavy atom. The average molecular weight is 448 g/mol. The van der Waals surface area contributed by atoms with Crippen molar-refractivity contribution in [2.75, 3.05) is 9.80 Å². The number of para-hydroxylation sites is 3. The Morgan fingerprint density at radius 3 is 1.63 bits per heavy atom. The molecule has 2 aliphatic rings. The Kier molecular flexibility index (Phi) is 4.40. The molecule has 35 heavy (non-hydrogen) atoms. The second-order valence-corrected chi connectivity index (χ2v) is 9.54. The van der Waals surface area contributed by atoms with Gasteiger partial charge in [-0.1, -0.05) is 66.7 Å². The molecule has 0 saturated carbocycles. The molecule has 2 aliphatic heterocycles. The summed E-state index contributed by atoms with van der Waals surface area (Å²) in [6.45, 7) is 4.57. The molecule has 0 atom stereocenters. The molecule has 0 N–H and O–H groups in total. The van der Waals surface area contributed by atoms with Gasteiger partial charge in [0.05, 0.1) is 0 Å². The number of nitrogens with zero attached hydrogens (tertiary/aromatic N) is 2. The zero-order chi connectivity index (χ0) is 23.5. The normalized spacial score (nSPS) is 13.3. The molecule has 0 spiro atoms. The molecule has 0 amide bonds. The van der Waals surface area contributed by atoms with Gasteiger partial charge in [-0.15, -0.1) is 0 Å². The van der Waals surface area contributed by atoms with Crippen molar-refractivity contribution in [3.63, 3.8) is 0 Å². The van der Waals surface area contributed by atoms with Crippen molar-refractivity contribution in [3.8, 4) is 0 Å². The van der Waals surface area contributed by atoms with Crippen LogP contribution >= 0.6 is 0 Å². The van der Waals surface area contributed by atoms with Crippen LogP contribution in [0.1, 0.15) is 11.1 Å². The highest BCUT2D eigenvalue weighted by Crippen LogP contribution is 2.43. The van der Waals surface area contributed by atoms with Crippen LogP contribution in [0.2, 0.25) is 0 Å². The monoisotopic (exact) mass is 448 g/mol. The van der Waals surface area contributed by atoms with E-state index < -0.39 is 0 Å². The summed E-state index contributed by atoms with van der Waals surface area (Å²) in [5.41, 5.74) is 14.1. The van der Waals surface area contributed by atoms with Crippen LogP contribution < -0.4 is 26.2 Å². The molecule has 0 aromatic heterocycles. The maximum Gasteiger partial charge on any atom is 0.252 e. The van der Waals surface area contributed by atoms with Gasteiger partial charge in [0.15, 0.2) is 0 Å². The largest absolute Gasteiger partial charge is 0.311 e. The summed E-state index contributed by atoms with van der Waals surface area (Å²) in [5, 5.41) is 0. The van der Waals surface area contributed by atoms with Gasteiger partial charge in [-0.25, -0.2) is 0 Å². The van der Waals surface area contributed by atoms with Gasteiger partial charge in [0, 0.05) is 34.1 Å². The Labute approximate surface area is 207 Å². The first-order valence-corrected chi connectivity index (χ1v) is 12.3. The molecule has 3 heteroatoms. The first-order valence-electron chi connectivity index (χ1n) is 12.3. The second kappa shape index (κ2) is 7.64. The van der Waals surface area contributed by atoms with E-state index in [1.54, 1.807) is 0 Å². The summed E-state index contributed by atoms with van der Waals surface area (Å²) in [6, 6.07) is 42.1. The van der Waals surface area contributed by atoms with E-state index in [0.717, 1.165) is 0 Å². The van der Waals surface area contributed by atoms with Crippen LogP contribution in [0.25, 0.3) is 0 Å². The molecular formula is C32H25BN2. The third-order valence-corrected chi connectivity index (χ3v) is 7.57. The van der Waals surface area contributed by atoms with Crippen molar-refractivity contribution in [2.24, 2.45) is 0 Å². The molecule has 0 fully saturated rings. The fraction of sp³-hybridized carbons (Fsp3) is 0.0625. The molecule has 0 unspecified atom stereocenters. The van der Waals surface area contributed by atoms with Crippen molar-refractivity contribution < 1.29 is 0 Å². The topological polar surface area (TPSA) is 6.48 Å². The average Bonchev–Trinajstić information content (AvgIpc) is 2.91. The standard InChI is InChI=1S/C32H25BN2/c1-22-19-20-25(21-23(22)2)35-29-16-9-7-14-27(29)33-26-13-6-8-15-28(26)34(24-11-4-3-5-12-24)30-17-10-18-31(35)32(30)33/h3-21H,1-2H3. The van der Waals surface area contributed by atoms with E-state index in [1.165, 1.54) is 61.6 Å². The molecule has 2 heterocycles. The van der Waals surface area contributed by atoms with E-state index in [1.807, 2.05) is 0 Å². The van der Waals surface area contributed by atoms with Gasteiger partial charge in [0.1, 0.15) is 0 Å². The third kappa shape index (κ3) is 2.91. The lowest BCUT2D eigenvalue weighted by Gasteiger charge is -2.44. The van der Waals surface area contributed by atoms with E-state index in [9.17, 15) is 0 Å². The molecule has 2 nitrogen and oxygen atoms in total. The number of hydrogen-bond acceptors (Lipinski definition) is 2. The number of benzene rings is 5. The van der Waals surface area contributed by atoms with E-state index >= 15 is 0 Å². The van der Waals surface area contributed by atoms with E-state index in [0.29, 0.717) is 0 Å². The van der Waals surface area contributed by atoms with Crippen LogP contribution in [0.4, 0.5) is 34.1 Å². The van der Waals surface area contributed by atoms with Crippen LogP contribution in [0.3, 0.4) is 0 Å². The molecule has 0 radical (unpaired) electrons. The number of hydrogen-bond donors (Lipinski definition) is 0. The Balaban J connectivity index is 1.56. The van der Waals surface area contributed by atoms with Gasteiger partial charge in [0.2, 0.25) is 0 Å². The molecule has 7 rings (SSSR count). The van der Waals surface area contributed by atoms with Crippen molar-refractivity contribution in [3.05, 3.63) is 126 Å². The summed E-state index contributed by atoms with van der Waals surface area (Å²) >= 11 is 0. The summed E-state index contributed by atoms with van der Waals surface area (Å²) in [4.78, 5) is 4.88. The summed E-state index contributed by atoms with van der Waals surface area (Å²) in [7, 11) is 0. The quantitative estimate of drug-likeness (QED) is 0.283. The molecule has 5 aromatic rings. The lowest BCUT2D eigenvalue weighted by Crippen LogP contribution is -2.61. The lowest BCUT2D eigenvalue weighted by molar-refractivity contribution is 1.24. The summed E-state index contributed by atoms with van der Waals surface area (Å²) in [6.07, 6.45) is 0. The van der Waals surface area contributed by atoms with E-state index in [-0.39, 0.29) is 6.71 Å². The predicted molar refractivity (Wildman–Crippen MR) is 150 cm³/mol. The van der Waals surface area contributed by atoms with Crippen LogP contribution in [0, 0.1) is 13.8 Å². The van der Waals surface area contributed by atoms with Crippen LogP contribution in [0.15, 0.2) is 115 Å². The zero-order valence-electron chi connectivity index (χ0n) is 19.9. The van der Waals surface area contributed by atoms with Crippen LogP contribution in [-0.4, -0.2) is 6.71 Å². The highest BCUT2D eigenvalue weighted by Gasteiger charge is 2.42. The van der Waals surface area contributed by atoms with Crippen molar-refractivity contribution in [2.45, 2.75) is 13.8 Å². The fourth-order valence-corrected chi connectivity index (χ4v) is 5.83. The maximum atomic E-state index is 2.45. The van der Waals surface area contributed by atoms with E-state index in [4.69, 9.17) is 0 Å². The fourth-order valence-electron chi connectivity index (χ4n) is 5.83. The van der Waals surface area contributed by atoms with Crippen LogP contribution in [0.5, 0.6) is 0 Å². The number of rotatable bonds is 2. The van der Waals surface area contributed by atoms with Gasteiger partial charge >= 0.3 is 0 Å². The predicted octanol–water partition coefficient (Wildman–Crippen LogP) is 6.39. The van der Waals surface area contributed by atoms with Crippen LogP contribution in [-0.2, 0) is 0 Å². The second-order valence-electron chi connectivity index (χ2n) is 9.54. The molecule has 166 valence electrons. The molecule has 0 bridgehead atoms. The van der Waals surface area contributed by atoms with Gasteiger partial charge in [-0.05, 0) is 89.9 Å². The number of anilines is 6. The van der Waals surface area contributed by atoms with Crippen molar-refractivity contribution in [1.29, 1.82) is 0 Å². The van der Waals surface area contributed by atoms with Crippen molar-refractivity contribution >= 4 is 57.2 Å². The molecule has 0 saturated heterocycles. The summed E-state index contributed by atoms with van der Waals surface area (Å²) in [5.74, 6) is 0. The number of aryl methyl sites for hydroxylation is 2. The highest BCUT2D eigenvalue weighted by molar-refractivity contribution is 7.00. The first kappa shape index (κ1) is 20.2. The Morgan fingerprint density at radius 2 is 1.00 bits per heavy atom. The minimum Gasteiger partial charge on any atom is -0.311 e. The van der Waals surface area contributed by atoms with E-state index in [2.05, 4.69) is 139 Å². The van der Waals surface area contributed by atoms with Gasteiger partial charge in [-0.2, -0.15) is 0 Å². The molecule has 0 aliphatic carbocycles. The smallest absolute Gasteiger partial charge is 0.252 e. The van der Waals surface area contributed by atoms with Gasteiger partial charge in [-0.3, -0.25) is 0 Å². The first-order chi connectivity index (χ1) is 17.2. The number of fused-ring (bicyclic) bond motifs is 4. The summed E-state index contributed by atoms with van der Waals surface area (Å²) < 4.78 is 0. The lowest BCUT2D eigenvalue weighted by atomic mass is 9.33. The molecular weight excluding hydrogens is 423 g/mol. The Hall–Kier alpha value is -4.24. The Bertz CT molecular complexity index is 1590. The third-order valence-electron chi connectivity index (χ3n) is 7.57. The minimum atomic E-state index is 0.191. The maximum absolute atomic E-state index is 2.45. The highest BCUT2D eigenvalue weighted by atomic mass is 15.2. The van der Waals surface area contributed by atoms with Gasteiger partial charge < -0.3 is 9.80 Å². The van der Waals surface area contributed by atoms with Gasteiger partial charge in [0.25, 0.3) is 6.71 Å². The molecule has 5 aromatic carbocycles. The SMILES string of the molecule is Cc1ccc(N2c3ccccc3B3c4ccccc4N(c4ccccc4)c4cccc2c43)cc1C. The zero-order valence-corrected chi connectivity index (χ0v) is 19.9.